The zero-order valence-electron chi connectivity index (χ0n) is 9.87. The Hall–Kier alpha value is -1.69. The standard InChI is InChI=1S/C11H16N6/c1-16-6-9(4-14-16)7-17-11(13-8-15-17)5-12-10-2-3-10/h4,6,8,10,12H,2-3,5,7H2,1H3. The van der Waals surface area contributed by atoms with E-state index in [9.17, 15) is 0 Å². The zero-order valence-corrected chi connectivity index (χ0v) is 9.87. The summed E-state index contributed by atoms with van der Waals surface area (Å²) < 4.78 is 3.72. The second kappa shape index (κ2) is 4.29. The monoisotopic (exact) mass is 232 g/mol. The predicted molar refractivity (Wildman–Crippen MR) is 62.2 cm³/mol. The summed E-state index contributed by atoms with van der Waals surface area (Å²) in [6, 6.07) is 0.693. The number of nitrogens with zero attached hydrogens (tertiary/aromatic N) is 5. The van der Waals surface area contributed by atoms with Gasteiger partial charge in [0.2, 0.25) is 0 Å². The highest BCUT2D eigenvalue weighted by Gasteiger charge is 2.21. The molecule has 1 fully saturated rings. The lowest BCUT2D eigenvalue weighted by Crippen LogP contribution is -2.19. The molecule has 17 heavy (non-hydrogen) atoms. The maximum absolute atomic E-state index is 4.28. The number of hydrogen-bond acceptors (Lipinski definition) is 4. The molecule has 2 aromatic heterocycles. The van der Waals surface area contributed by atoms with E-state index in [1.807, 2.05) is 24.1 Å². The Morgan fingerprint density at radius 2 is 2.29 bits per heavy atom. The molecular formula is C11H16N6. The average Bonchev–Trinajstić information content (AvgIpc) is 2.90. The summed E-state index contributed by atoms with van der Waals surface area (Å²) in [6.07, 6.45) is 8.05. The number of aryl methyl sites for hydroxylation is 1. The molecule has 2 heterocycles. The molecule has 6 nitrogen and oxygen atoms in total. The Morgan fingerprint density at radius 3 is 3.00 bits per heavy atom. The molecule has 6 heteroatoms. The van der Waals surface area contributed by atoms with Crippen molar-refractivity contribution >= 4 is 0 Å². The van der Waals surface area contributed by atoms with Crippen LogP contribution in [-0.4, -0.2) is 30.6 Å². The molecule has 2 aromatic rings. The van der Waals surface area contributed by atoms with Crippen molar-refractivity contribution in [3.8, 4) is 0 Å². The van der Waals surface area contributed by atoms with Crippen LogP contribution in [-0.2, 0) is 20.1 Å². The van der Waals surface area contributed by atoms with Crippen LogP contribution in [0.3, 0.4) is 0 Å². The summed E-state index contributed by atoms with van der Waals surface area (Å²) >= 11 is 0. The highest BCUT2D eigenvalue weighted by Crippen LogP contribution is 2.19. The maximum Gasteiger partial charge on any atom is 0.141 e. The van der Waals surface area contributed by atoms with E-state index in [1.165, 1.54) is 12.8 Å². The van der Waals surface area contributed by atoms with Crippen molar-refractivity contribution in [3.05, 3.63) is 30.1 Å². The summed E-state index contributed by atoms with van der Waals surface area (Å²) in [6.45, 7) is 1.53. The third-order valence-electron chi connectivity index (χ3n) is 2.91. The first-order valence-corrected chi connectivity index (χ1v) is 5.89. The minimum absolute atomic E-state index is 0.693. The van der Waals surface area contributed by atoms with Gasteiger partial charge in [-0.2, -0.15) is 10.2 Å². The summed E-state index contributed by atoms with van der Waals surface area (Å²) in [5.74, 6) is 0.987. The van der Waals surface area contributed by atoms with Gasteiger partial charge < -0.3 is 5.32 Å². The van der Waals surface area contributed by atoms with E-state index in [1.54, 1.807) is 11.0 Å². The van der Waals surface area contributed by atoms with Gasteiger partial charge in [0, 0.05) is 24.8 Å². The minimum atomic E-state index is 0.693. The fraction of sp³-hybridized carbons (Fsp3) is 0.545. The van der Waals surface area contributed by atoms with Crippen molar-refractivity contribution in [2.24, 2.45) is 7.05 Å². The molecule has 0 saturated heterocycles. The fourth-order valence-corrected chi connectivity index (χ4v) is 1.81. The molecule has 0 amide bonds. The largest absolute Gasteiger partial charge is 0.307 e. The molecule has 0 spiro atoms. The van der Waals surface area contributed by atoms with E-state index in [2.05, 4.69) is 20.5 Å². The average molecular weight is 232 g/mol. The number of aromatic nitrogens is 5. The lowest BCUT2D eigenvalue weighted by molar-refractivity contribution is 0.583. The number of hydrogen-bond donors (Lipinski definition) is 1. The molecule has 1 saturated carbocycles. The molecule has 1 aliphatic rings. The Balaban J connectivity index is 1.67. The van der Waals surface area contributed by atoms with Crippen molar-refractivity contribution in [2.45, 2.75) is 32.0 Å². The lowest BCUT2D eigenvalue weighted by Gasteiger charge is -2.05. The molecule has 0 unspecified atom stereocenters. The third kappa shape index (κ3) is 2.52. The van der Waals surface area contributed by atoms with E-state index in [4.69, 9.17) is 0 Å². The van der Waals surface area contributed by atoms with Crippen molar-refractivity contribution < 1.29 is 0 Å². The van der Waals surface area contributed by atoms with Gasteiger partial charge in [-0.05, 0) is 12.8 Å². The van der Waals surface area contributed by atoms with E-state index in [0.717, 1.165) is 24.5 Å². The summed E-state index contributed by atoms with van der Waals surface area (Å²) in [5.41, 5.74) is 1.14. The highest BCUT2D eigenvalue weighted by atomic mass is 15.3. The minimum Gasteiger partial charge on any atom is -0.307 e. The van der Waals surface area contributed by atoms with Gasteiger partial charge in [0.25, 0.3) is 0 Å². The maximum atomic E-state index is 4.28. The smallest absolute Gasteiger partial charge is 0.141 e. The Morgan fingerprint density at radius 1 is 1.41 bits per heavy atom. The van der Waals surface area contributed by atoms with Crippen LogP contribution < -0.4 is 5.32 Å². The van der Waals surface area contributed by atoms with Gasteiger partial charge in [0.05, 0.1) is 19.3 Å². The van der Waals surface area contributed by atoms with E-state index in [-0.39, 0.29) is 0 Å². The van der Waals surface area contributed by atoms with Gasteiger partial charge in [-0.15, -0.1) is 0 Å². The van der Waals surface area contributed by atoms with Crippen LogP contribution in [0, 0.1) is 0 Å². The SMILES string of the molecule is Cn1cc(Cn2ncnc2CNC2CC2)cn1. The van der Waals surface area contributed by atoms with Gasteiger partial charge in [0.1, 0.15) is 12.2 Å². The topological polar surface area (TPSA) is 60.6 Å². The van der Waals surface area contributed by atoms with Crippen LogP contribution in [0.25, 0.3) is 0 Å². The van der Waals surface area contributed by atoms with Crippen LogP contribution in [0.4, 0.5) is 0 Å². The number of nitrogens with one attached hydrogen (secondary N) is 1. The molecule has 0 bridgehead atoms. The molecule has 0 aliphatic heterocycles. The van der Waals surface area contributed by atoms with Crippen LogP contribution in [0.2, 0.25) is 0 Å². The normalized spacial score (nSPS) is 15.4. The van der Waals surface area contributed by atoms with Crippen LogP contribution in [0.1, 0.15) is 24.2 Å². The van der Waals surface area contributed by atoms with E-state index in [0.29, 0.717) is 6.04 Å². The predicted octanol–water partition coefficient (Wildman–Crippen LogP) is 0.312. The molecule has 90 valence electrons. The Bertz CT molecular complexity index is 496. The Labute approximate surface area is 99.7 Å². The van der Waals surface area contributed by atoms with Crippen LogP contribution in [0.5, 0.6) is 0 Å². The zero-order chi connectivity index (χ0) is 11.7. The van der Waals surface area contributed by atoms with Gasteiger partial charge in [0.15, 0.2) is 0 Å². The Kier molecular flexibility index (Phi) is 2.64. The van der Waals surface area contributed by atoms with Crippen molar-refractivity contribution in [3.63, 3.8) is 0 Å². The highest BCUT2D eigenvalue weighted by molar-refractivity contribution is 5.05. The van der Waals surface area contributed by atoms with Gasteiger partial charge in [-0.25, -0.2) is 9.67 Å². The first kappa shape index (κ1) is 10.5. The van der Waals surface area contributed by atoms with Crippen LogP contribution in [0.15, 0.2) is 18.7 Å². The van der Waals surface area contributed by atoms with Gasteiger partial charge >= 0.3 is 0 Å². The first-order chi connectivity index (χ1) is 8.31. The van der Waals surface area contributed by atoms with Crippen LogP contribution >= 0.6 is 0 Å². The number of rotatable bonds is 5. The van der Waals surface area contributed by atoms with Crippen molar-refractivity contribution in [1.29, 1.82) is 0 Å². The quantitative estimate of drug-likeness (QED) is 0.806. The summed E-state index contributed by atoms with van der Waals surface area (Å²) in [4.78, 5) is 4.28. The molecule has 3 rings (SSSR count). The van der Waals surface area contributed by atoms with Crippen molar-refractivity contribution in [2.75, 3.05) is 0 Å². The molecule has 0 atom stereocenters. The van der Waals surface area contributed by atoms with Gasteiger partial charge in [-0.1, -0.05) is 0 Å². The first-order valence-electron chi connectivity index (χ1n) is 5.89. The second-order valence-electron chi connectivity index (χ2n) is 4.51. The molecule has 1 aliphatic carbocycles. The van der Waals surface area contributed by atoms with Gasteiger partial charge in [-0.3, -0.25) is 4.68 Å². The molecular weight excluding hydrogens is 216 g/mol. The summed E-state index contributed by atoms with van der Waals surface area (Å²) in [5, 5.41) is 11.8. The second-order valence-corrected chi connectivity index (χ2v) is 4.51. The molecule has 0 radical (unpaired) electrons. The third-order valence-corrected chi connectivity index (χ3v) is 2.91. The van der Waals surface area contributed by atoms with E-state index < -0.39 is 0 Å². The fourth-order valence-electron chi connectivity index (χ4n) is 1.81. The lowest BCUT2D eigenvalue weighted by atomic mass is 10.3. The molecule has 1 N–H and O–H groups in total. The van der Waals surface area contributed by atoms with E-state index >= 15 is 0 Å². The molecule has 0 aromatic carbocycles. The van der Waals surface area contributed by atoms with Crippen molar-refractivity contribution in [1.82, 2.24) is 29.9 Å². The summed E-state index contributed by atoms with van der Waals surface area (Å²) in [7, 11) is 1.92.